The van der Waals surface area contributed by atoms with E-state index in [1.807, 2.05) is 61.5 Å². The average Bonchev–Trinajstić information content (AvgIpc) is 3.19. The summed E-state index contributed by atoms with van der Waals surface area (Å²) in [4.78, 5) is 21.1. The Labute approximate surface area is 162 Å². The van der Waals surface area contributed by atoms with Crippen molar-refractivity contribution in [3.8, 4) is 17.1 Å². The van der Waals surface area contributed by atoms with Gasteiger partial charge >= 0.3 is 0 Å². The number of benzene rings is 2. The number of nitrogens with one attached hydrogen (secondary N) is 1. The van der Waals surface area contributed by atoms with Crippen molar-refractivity contribution in [1.82, 2.24) is 15.3 Å². The number of furan rings is 1. The van der Waals surface area contributed by atoms with Gasteiger partial charge in [0.25, 0.3) is 5.91 Å². The molecule has 2 aromatic carbocycles. The normalized spacial score (nSPS) is 11.9. The first kappa shape index (κ1) is 17.7. The zero-order valence-corrected chi connectivity index (χ0v) is 15.5. The van der Waals surface area contributed by atoms with Crippen molar-refractivity contribution in [3.63, 3.8) is 0 Å². The summed E-state index contributed by atoms with van der Waals surface area (Å²) in [5, 5.41) is 3.84. The number of ether oxygens (including phenoxy) is 1. The zero-order valence-electron chi connectivity index (χ0n) is 15.5. The van der Waals surface area contributed by atoms with E-state index in [1.54, 1.807) is 7.11 Å². The average molecular weight is 373 g/mol. The van der Waals surface area contributed by atoms with E-state index in [-0.39, 0.29) is 11.9 Å². The highest BCUT2D eigenvalue weighted by Crippen LogP contribution is 2.30. The van der Waals surface area contributed by atoms with Gasteiger partial charge in [-0.15, -0.1) is 0 Å². The SMILES string of the molecule is COc1cccc2cc(C(C)NC(=O)c3cnc(-c4ccccc4)nc3)oc12. The molecule has 0 spiro atoms. The van der Waals surface area contributed by atoms with E-state index >= 15 is 0 Å². The van der Waals surface area contributed by atoms with Crippen LogP contribution in [-0.4, -0.2) is 23.0 Å². The van der Waals surface area contributed by atoms with Crippen LogP contribution in [0.5, 0.6) is 5.75 Å². The molecule has 0 fully saturated rings. The maximum atomic E-state index is 12.6. The Bertz CT molecular complexity index is 1110. The molecule has 6 nitrogen and oxygen atoms in total. The smallest absolute Gasteiger partial charge is 0.254 e. The van der Waals surface area contributed by atoms with E-state index in [0.717, 1.165) is 10.9 Å². The van der Waals surface area contributed by atoms with Crippen molar-refractivity contribution in [1.29, 1.82) is 0 Å². The minimum Gasteiger partial charge on any atom is -0.493 e. The van der Waals surface area contributed by atoms with Gasteiger partial charge in [0.05, 0.1) is 18.7 Å². The molecule has 4 aromatic rings. The summed E-state index contributed by atoms with van der Waals surface area (Å²) in [5.41, 5.74) is 1.95. The molecule has 1 amide bonds. The second-order valence-corrected chi connectivity index (χ2v) is 6.38. The third-order valence-electron chi connectivity index (χ3n) is 4.47. The minimum atomic E-state index is -0.321. The quantitative estimate of drug-likeness (QED) is 0.561. The van der Waals surface area contributed by atoms with Gasteiger partial charge in [0.15, 0.2) is 17.2 Å². The molecule has 1 unspecified atom stereocenters. The number of methoxy groups -OCH3 is 1. The van der Waals surface area contributed by atoms with Gasteiger partial charge in [-0.1, -0.05) is 42.5 Å². The summed E-state index contributed by atoms with van der Waals surface area (Å²) in [6.07, 6.45) is 3.05. The summed E-state index contributed by atoms with van der Waals surface area (Å²) < 4.78 is 11.2. The summed E-state index contributed by atoms with van der Waals surface area (Å²) in [6, 6.07) is 16.9. The standard InChI is InChI=1S/C22H19N3O3/c1-14(19-11-16-9-6-10-18(27-2)20(16)28-19)25-22(26)17-12-23-21(24-13-17)15-7-4-3-5-8-15/h3-14H,1-2H3,(H,25,26). The Morgan fingerprint density at radius 2 is 1.82 bits per heavy atom. The maximum Gasteiger partial charge on any atom is 0.254 e. The predicted octanol–water partition coefficient (Wildman–Crippen LogP) is 4.39. The van der Waals surface area contributed by atoms with Crippen molar-refractivity contribution >= 4 is 16.9 Å². The number of carbonyl (C=O) groups is 1. The molecule has 0 aliphatic rings. The van der Waals surface area contributed by atoms with Crippen LogP contribution in [0.25, 0.3) is 22.4 Å². The van der Waals surface area contributed by atoms with Gasteiger partial charge in [-0.05, 0) is 19.1 Å². The number of amides is 1. The fraction of sp³-hybridized carbons (Fsp3) is 0.136. The lowest BCUT2D eigenvalue weighted by Gasteiger charge is -2.11. The van der Waals surface area contributed by atoms with Gasteiger partial charge in [0.1, 0.15) is 5.76 Å². The van der Waals surface area contributed by atoms with Gasteiger partial charge in [-0.2, -0.15) is 0 Å². The van der Waals surface area contributed by atoms with Crippen molar-refractivity contribution in [2.75, 3.05) is 7.11 Å². The number of carbonyl (C=O) groups excluding carboxylic acids is 1. The van der Waals surface area contributed by atoms with E-state index in [2.05, 4.69) is 15.3 Å². The monoisotopic (exact) mass is 373 g/mol. The van der Waals surface area contributed by atoms with Gasteiger partial charge in [-0.25, -0.2) is 9.97 Å². The second-order valence-electron chi connectivity index (χ2n) is 6.38. The van der Waals surface area contributed by atoms with Gasteiger partial charge in [-0.3, -0.25) is 4.79 Å². The highest BCUT2D eigenvalue weighted by molar-refractivity contribution is 5.94. The summed E-state index contributed by atoms with van der Waals surface area (Å²) >= 11 is 0. The highest BCUT2D eigenvalue weighted by Gasteiger charge is 2.17. The molecule has 1 atom stereocenters. The van der Waals surface area contributed by atoms with Crippen LogP contribution in [0.4, 0.5) is 0 Å². The predicted molar refractivity (Wildman–Crippen MR) is 106 cm³/mol. The molecule has 2 heterocycles. The first-order valence-electron chi connectivity index (χ1n) is 8.90. The Balaban J connectivity index is 1.50. The summed E-state index contributed by atoms with van der Waals surface area (Å²) in [6.45, 7) is 1.86. The van der Waals surface area contributed by atoms with Crippen molar-refractivity contribution in [2.45, 2.75) is 13.0 Å². The lowest BCUT2D eigenvalue weighted by molar-refractivity contribution is 0.0935. The van der Waals surface area contributed by atoms with Crippen LogP contribution in [0.3, 0.4) is 0 Å². The topological polar surface area (TPSA) is 77.2 Å². The fourth-order valence-corrected chi connectivity index (χ4v) is 2.96. The zero-order chi connectivity index (χ0) is 19.5. The first-order chi connectivity index (χ1) is 13.7. The van der Waals surface area contributed by atoms with Crippen LogP contribution in [0.15, 0.2) is 71.4 Å². The van der Waals surface area contributed by atoms with Gasteiger partial charge in [0.2, 0.25) is 0 Å². The lowest BCUT2D eigenvalue weighted by Crippen LogP contribution is -2.26. The van der Waals surface area contributed by atoms with Crippen LogP contribution < -0.4 is 10.1 Å². The minimum absolute atomic E-state index is 0.264. The van der Waals surface area contributed by atoms with Crippen LogP contribution in [0.1, 0.15) is 29.1 Å². The van der Waals surface area contributed by atoms with Gasteiger partial charge in [0, 0.05) is 23.3 Å². The maximum absolute atomic E-state index is 12.6. The summed E-state index contributed by atoms with van der Waals surface area (Å²) in [5.74, 6) is 1.62. The van der Waals surface area contributed by atoms with Gasteiger partial charge < -0.3 is 14.5 Å². The molecule has 28 heavy (non-hydrogen) atoms. The highest BCUT2D eigenvalue weighted by atomic mass is 16.5. The Morgan fingerprint density at radius 1 is 1.07 bits per heavy atom. The Morgan fingerprint density at radius 3 is 2.54 bits per heavy atom. The lowest BCUT2D eigenvalue weighted by atomic mass is 10.2. The molecule has 4 rings (SSSR count). The molecule has 2 aromatic heterocycles. The third kappa shape index (κ3) is 3.44. The molecule has 6 heteroatoms. The summed E-state index contributed by atoms with van der Waals surface area (Å²) in [7, 11) is 1.60. The number of hydrogen-bond acceptors (Lipinski definition) is 5. The molecule has 0 saturated heterocycles. The number of hydrogen-bond donors (Lipinski definition) is 1. The van der Waals surface area contributed by atoms with E-state index in [4.69, 9.17) is 9.15 Å². The molecule has 0 aliphatic heterocycles. The van der Waals surface area contributed by atoms with Crippen molar-refractivity contribution in [2.24, 2.45) is 0 Å². The fourth-order valence-electron chi connectivity index (χ4n) is 2.96. The molecule has 0 saturated carbocycles. The van der Waals surface area contributed by atoms with E-state index < -0.39 is 0 Å². The molecule has 1 N–H and O–H groups in total. The van der Waals surface area contributed by atoms with Crippen molar-refractivity contribution < 1.29 is 13.9 Å². The Hall–Kier alpha value is -3.67. The second kappa shape index (κ2) is 7.52. The molecule has 0 radical (unpaired) electrons. The molecular formula is C22H19N3O3. The third-order valence-corrected chi connectivity index (χ3v) is 4.47. The number of nitrogens with zero attached hydrogens (tertiary/aromatic N) is 2. The van der Waals surface area contributed by atoms with Crippen LogP contribution >= 0.6 is 0 Å². The number of fused-ring (bicyclic) bond motifs is 1. The molecule has 140 valence electrons. The Kier molecular flexibility index (Phi) is 4.76. The molecule has 0 aliphatic carbocycles. The number of para-hydroxylation sites is 1. The van der Waals surface area contributed by atoms with Crippen LogP contribution in [0.2, 0.25) is 0 Å². The van der Waals surface area contributed by atoms with E-state index in [9.17, 15) is 4.79 Å². The number of rotatable bonds is 5. The van der Waals surface area contributed by atoms with Crippen LogP contribution in [0, 0.1) is 0 Å². The van der Waals surface area contributed by atoms with E-state index in [0.29, 0.717) is 28.5 Å². The molecule has 0 bridgehead atoms. The van der Waals surface area contributed by atoms with Crippen LogP contribution in [-0.2, 0) is 0 Å². The van der Waals surface area contributed by atoms with E-state index in [1.165, 1.54) is 12.4 Å². The largest absolute Gasteiger partial charge is 0.493 e. The van der Waals surface area contributed by atoms with Crippen molar-refractivity contribution in [3.05, 3.63) is 78.3 Å². The number of aromatic nitrogens is 2. The molecular weight excluding hydrogens is 354 g/mol. The first-order valence-corrected chi connectivity index (χ1v) is 8.90.